The molecule has 0 spiro atoms. The number of halogens is 2. The van der Waals surface area contributed by atoms with Gasteiger partial charge in [0.25, 0.3) is 5.91 Å². The van der Waals surface area contributed by atoms with Crippen molar-refractivity contribution in [1.82, 2.24) is 5.32 Å². The lowest BCUT2D eigenvalue weighted by atomic mass is 9.80. The molecule has 2 unspecified atom stereocenters. The maximum atomic E-state index is 12.1. The Morgan fingerprint density at radius 1 is 1.32 bits per heavy atom. The molecule has 1 aliphatic carbocycles. The van der Waals surface area contributed by atoms with E-state index in [0.29, 0.717) is 17.7 Å². The van der Waals surface area contributed by atoms with Gasteiger partial charge < -0.3 is 5.32 Å². The molecule has 1 aromatic carbocycles. The lowest BCUT2D eigenvalue weighted by Crippen LogP contribution is -2.34. The van der Waals surface area contributed by atoms with Crippen LogP contribution in [0.2, 0.25) is 0 Å². The molecule has 0 aromatic heterocycles. The van der Waals surface area contributed by atoms with Gasteiger partial charge in [-0.1, -0.05) is 18.9 Å². The minimum Gasteiger partial charge on any atom is -0.352 e. The summed E-state index contributed by atoms with van der Waals surface area (Å²) in [6, 6.07) is 7.67. The van der Waals surface area contributed by atoms with Gasteiger partial charge in [-0.05, 0) is 65.5 Å². The first-order valence-corrected chi connectivity index (χ1v) is 8.41. The lowest BCUT2D eigenvalue weighted by Gasteiger charge is -2.30. The summed E-state index contributed by atoms with van der Waals surface area (Å²) in [7, 11) is 0. The predicted octanol–water partition coefficient (Wildman–Crippen LogP) is 4.07. The van der Waals surface area contributed by atoms with Gasteiger partial charge in [-0.2, -0.15) is 0 Å². The molecule has 0 saturated heterocycles. The van der Waals surface area contributed by atoms with Crippen LogP contribution in [-0.2, 0) is 0 Å². The molecule has 1 saturated carbocycles. The number of nitrogens with one attached hydrogen (secondary N) is 1. The molecule has 0 aliphatic heterocycles. The third-order valence-corrected chi connectivity index (χ3v) is 4.94. The highest BCUT2D eigenvalue weighted by atomic mass is 127. The van der Waals surface area contributed by atoms with E-state index in [9.17, 15) is 4.79 Å². The molecule has 4 heteroatoms. The minimum absolute atomic E-state index is 0.0254. The molecular formula is C15H19ClINO. The van der Waals surface area contributed by atoms with Crippen molar-refractivity contribution in [2.24, 2.45) is 11.8 Å². The van der Waals surface area contributed by atoms with E-state index in [2.05, 4.69) is 27.9 Å². The minimum atomic E-state index is 0.0254. The summed E-state index contributed by atoms with van der Waals surface area (Å²) in [6.07, 6.45) is 4.92. The van der Waals surface area contributed by atoms with Crippen molar-refractivity contribution in [3.63, 3.8) is 0 Å². The van der Waals surface area contributed by atoms with E-state index in [1.54, 1.807) is 0 Å². The Bertz CT molecular complexity index is 438. The molecule has 2 atom stereocenters. The van der Waals surface area contributed by atoms with Crippen LogP contribution in [0.3, 0.4) is 0 Å². The van der Waals surface area contributed by atoms with Crippen LogP contribution in [0, 0.1) is 15.4 Å². The zero-order chi connectivity index (χ0) is 13.7. The van der Waals surface area contributed by atoms with Gasteiger partial charge in [0, 0.05) is 21.6 Å². The molecule has 2 nitrogen and oxygen atoms in total. The van der Waals surface area contributed by atoms with Gasteiger partial charge in [-0.25, -0.2) is 0 Å². The molecule has 1 aliphatic rings. The number of alkyl halides is 1. The summed E-state index contributed by atoms with van der Waals surface area (Å²) in [5.74, 6) is 1.84. The van der Waals surface area contributed by atoms with E-state index in [4.69, 9.17) is 11.6 Å². The Hall–Kier alpha value is -0.290. The highest BCUT2D eigenvalue weighted by Crippen LogP contribution is 2.30. The maximum absolute atomic E-state index is 12.1. The molecule has 0 radical (unpaired) electrons. The first kappa shape index (κ1) is 15.1. The molecule has 1 N–H and O–H groups in total. The summed E-state index contributed by atoms with van der Waals surface area (Å²) >= 11 is 8.24. The van der Waals surface area contributed by atoms with E-state index in [1.807, 2.05) is 24.3 Å². The van der Waals surface area contributed by atoms with Crippen LogP contribution in [0.5, 0.6) is 0 Å². The Balaban J connectivity index is 1.89. The topological polar surface area (TPSA) is 29.1 Å². The van der Waals surface area contributed by atoms with Crippen LogP contribution in [0.15, 0.2) is 24.3 Å². The van der Waals surface area contributed by atoms with Gasteiger partial charge in [0.05, 0.1) is 0 Å². The zero-order valence-corrected chi connectivity index (χ0v) is 13.8. The van der Waals surface area contributed by atoms with Crippen molar-refractivity contribution in [3.05, 3.63) is 33.4 Å². The lowest BCUT2D eigenvalue weighted by molar-refractivity contribution is 0.0936. The summed E-state index contributed by atoms with van der Waals surface area (Å²) in [5.41, 5.74) is 0.741. The smallest absolute Gasteiger partial charge is 0.251 e. The third-order valence-electron chi connectivity index (χ3n) is 3.88. The standard InChI is InChI=1S/C15H19ClINO/c16-9-12-4-1-2-5-13(12)10-18-15(19)11-6-3-7-14(17)8-11/h3,6-8,12-13H,1-2,4-5,9-10H2,(H,18,19). The van der Waals surface area contributed by atoms with Gasteiger partial charge in [0.15, 0.2) is 0 Å². The number of hydrogen-bond donors (Lipinski definition) is 1. The second-order valence-corrected chi connectivity index (χ2v) is 6.73. The molecule has 0 heterocycles. The van der Waals surface area contributed by atoms with Gasteiger partial charge >= 0.3 is 0 Å². The van der Waals surface area contributed by atoms with Crippen molar-refractivity contribution in [2.75, 3.05) is 12.4 Å². The SMILES string of the molecule is O=C(NCC1CCCCC1CCl)c1cccc(I)c1. The summed E-state index contributed by atoms with van der Waals surface area (Å²) < 4.78 is 1.08. The fraction of sp³-hybridized carbons (Fsp3) is 0.533. The van der Waals surface area contributed by atoms with Gasteiger partial charge in [-0.3, -0.25) is 4.79 Å². The van der Waals surface area contributed by atoms with Crippen molar-refractivity contribution < 1.29 is 4.79 Å². The second kappa shape index (κ2) is 7.48. The molecule has 2 rings (SSSR count). The van der Waals surface area contributed by atoms with Crippen LogP contribution in [0.4, 0.5) is 0 Å². The van der Waals surface area contributed by atoms with E-state index in [0.717, 1.165) is 15.7 Å². The van der Waals surface area contributed by atoms with Crippen molar-refractivity contribution in [2.45, 2.75) is 25.7 Å². The maximum Gasteiger partial charge on any atom is 0.251 e. The van der Waals surface area contributed by atoms with Crippen molar-refractivity contribution in [3.8, 4) is 0 Å². The van der Waals surface area contributed by atoms with E-state index < -0.39 is 0 Å². The molecule has 1 amide bonds. The van der Waals surface area contributed by atoms with Crippen LogP contribution in [0.25, 0.3) is 0 Å². The molecule has 1 aromatic rings. The van der Waals surface area contributed by atoms with Crippen LogP contribution in [-0.4, -0.2) is 18.3 Å². The molecule has 0 bridgehead atoms. The molecule has 1 fully saturated rings. The highest BCUT2D eigenvalue weighted by Gasteiger charge is 2.24. The van der Waals surface area contributed by atoms with Crippen LogP contribution >= 0.6 is 34.2 Å². The van der Waals surface area contributed by atoms with E-state index >= 15 is 0 Å². The van der Waals surface area contributed by atoms with Crippen LogP contribution < -0.4 is 5.32 Å². The number of amides is 1. The van der Waals surface area contributed by atoms with Crippen molar-refractivity contribution in [1.29, 1.82) is 0 Å². The number of benzene rings is 1. The number of carbonyl (C=O) groups is 1. The number of carbonyl (C=O) groups excluding carboxylic acids is 1. The summed E-state index contributed by atoms with van der Waals surface area (Å²) in [6.45, 7) is 0.752. The highest BCUT2D eigenvalue weighted by molar-refractivity contribution is 14.1. The Kier molecular flexibility index (Phi) is 5.95. The van der Waals surface area contributed by atoms with Gasteiger partial charge in [0.2, 0.25) is 0 Å². The Labute approximate surface area is 133 Å². The number of rotatable bonds is 4. The fourth-order valence-corrected chi connectivity index (χ4v) is 3.66. The Morgan fingerprint density at radius 3 is 2.74 bits per heavy atom. The molecular weight excluding hydrogens is 373 g/mol. The average molecular weight is 392 g/mol. The first-order chi connectivity index (χ1) is 9.20. The van der Waals surface area contributed by atoms with E-state index in [1.165, 1.54) is 25.7 Å². The van der Waals surface area contributed by atoms with Gasteiger partial charge in [-0.15, -0.1) is 11.6 Å². The average Bonchev–Trinajstić information content (AvgIpc) is 2.45. The fourth-order valence-electron chi connectivity index (χ4n) is 2.71. The van der Waals surface area contributed by atoms with Crippen LogP contribution in [0.1, 0.15) is 36.0 Å². The zero-order valence-electron chi connectivity index (χ0n) is 10.9. The molecule has 19 heavy (non-hydrogen) atoms. The van der Waals surface area contributed by atoms with E-state index in [-0.39, 0.29) is 5.91 Å². The predicted molar refractivity (Wildman–Crippen MR) is 87.7 cm³/mol. The van der Waals surface area contributed by atoms with Gasteiger partial charge in [0.1, 0.15) is 0 Å². The summed E-state index contributed by atoms with van der Waals surface area (Å²) in [4.78, 5) is 12.1. The quantitative estimate of drug-likeness (QED) is 0.608. The second-order valence-electron chi connectivity index (χ2n) is 5.18. The summed E-state index contributed by atoms with van der Waals surface area (Å²) in [5, 5.41) is 3.06. The first-order valence-electron chi connectivity index (χ1n) is 6.80. The van der Waals surface area contributed by atoms with Crippen molar-refractivity contribution >= 4 is 40.1 Å². The Morgan fingerprint density at radius 2 is 2.05 bits per heavy atom. The monoisotopic (exact) mass is 391 g/mol. The number of hydrogen-bond acceptors (Lipinski definition) is 1. The molecule has 104 valence electrons. The third kappa shape index (κ3) is 4.35. The normalized spacial score (nSPS) is 23.1. The largest absolute Gasteiger partial charge is 0.352 e.